The van der Waals surface area contributed by atoms with E-state index in [1.54, 1.807) is 13.0 Å². The highest BCUT2D eigenvalue weighted by Crippen LogP contribution is 2.16. The lowest BCUT2D eigenvalue weighted by Crippen LogP contribution is -2.39. The fourth-order valence-electron chi connectivity index (χ4n) is 1.49. The molecule has 2 N–H and O–H groups in total. The van der Waals surface area contributed by atoms with E-state index in [0.29, 0.717) is 18.2 Å². The van der Waals surface area contributed by atoms with Gasteiger partial charge in [-0.15, -0.1) is 0 Å². The van der Waals surface area contributed by atoms with Crippen molar-refractivity contribution < 1.29 is 9.18 Å². The van der Waals surface area contributed by atoms with E-state index in [0.717, 1.165) is 5.56 Å². The third-order valence-corrected chi connectivity index (χ3v) is 2.57. The Bertz CT molecular complexity index is 418. The molecule has 0 spiro atoms. The second-order valence-corrected chi connectivity index (χ2v) is 4.99. The van der Waals surface area contributed by atoms with E-state index >= 15 is 0 Å². The molecule has 0 heterocycles. The zero-order chi connectivity index (χ0) is 13.7. The molecule has 0 aromatic heterocycles. The van der Waals surface area contributed by atoms with Gasteiger partial charge in [0.05, 0.1) is 5.69 Å². The van der Waals surface area contributed by atoms with Gasteiger partial charge in [-0.1, -0.05) is 19.9 Å². The number of carbonyl (C=O) groups excluding carboxylic acids is 1. The van der Waals surface area contributed by atoms with Crippen LogP contribution in [0, 0.1) is 18.7 Å². The highest BCUT2D eigenvalue weighted by Gasteiger charge is 2.14. The standard InChI is InChI=1S/C14H21FN2O/c1-9(2)8-16-14(18)11(4)17-13-6-5-10(3)7-12(13)15/h5-7,9,11,17H,8H2,1-4H3,(H,16,18). The minimum atomic E-state index is -0.457. The van der Waals surface area contributed by atoms with Crippen molar-refractivity contribution in [1.29, 1.82) is 0 Å². The van der Waals surface area contributed by atoms with Gasteiger partial charge in [-0.2, -0.15) is 0 Å². The lowest BCUT2D eigenvalue weighted by Gasteiger charge is -2.16. The Labute approximate surface area is 108 Å². The lowest BCUT2D eigenvalue weighted by molar-refractivity contribution is -0.121. The molecular formula is C14H21FN2O. The van der Waals surface area contributed by atoms with Gasteiger partial charge < -0.3 is 10.6 Å². The van der Waals surface area contributed by atoms with Crippen LogP contribution in [0.5, 0.6) is 0 Å². The van der Waals surface area contributed by atoms with Crippen molar-refractivity contribution in [3.63, 3.8) is 0 Å². The SMILES string of the molecule is Cc1ccc(NC(C)C(=O)NCC(C)C)c(F)c1. The van der Waals surface area contributed by atoms with Gasteiger partial charge in [0, 0.05) is 6.54 Å². The molecule has 1 aromatic rings. The van der Waals surface area contributed by atoms with Gasteiger partial charge in [-0.25, -0.2) is 4.39 Å². The normalized spacial score (nSPS) is 12.3. The van der Waals surface area contributed by atoms with Gasteiger partial charge in [0.1, 0.15) is 11.9 Å². The zero-order valence-corrected chi connectivity index (χ0v) is 11.4. The number of hydrogen-bond acceptors (Lipinski definition) is 2. The zero-order valence-electron chi connectivity index (χ0n) is 11.4. The first-order chi connectivity index (χ1) is 8.40. The van der Waals surface area contributed by atoms with E-state index in [1.807, 2.05) is 26.8 Å². The predicted molar refractivity (Wildman–Crippen MR) is 72.1 cm³/mol. The van der Waals surface area contributed by atoms with Gasteiger partial charge >= 0.3 is 0 Å². The first-order valence-electron chi connectivity index (χ1n) is 6.20. The molecule has 0 fully saturated rings. The van der Waals surface area contributed by atoms with E-state index in [9.17, 15) is 9.18 Å². The maximum atomic E-state index is 13.6. The summed E-state index contributed by atoms with van der Waals surface area (Å²) in [4.78, 5) is 11.7. The average Bonchev–Trinajstić information content (AvgIpc) is 2.29. The first-order valence-corrected chi connectivity index (χ1v) is 6.20. The number of halogens is 1. The molecule has 1 aromatic carbocycles. The maximum absolute atomic E-state index is 13.6. The molecule has 0 aliphatic heterocycles. The van der Waals surface area contributed by atoms with Crippen LogP contribution in [0.25, 0.3) is 0 Å². The van der Waals surface area contributed by atoms with Gasteiger partial charge in [-0.05, 0) is 37.5 Å². The molecular weight excluding hydrogens is 231 g/mol. The number of carbonyl (C=O) groups is 1. The number of aryl methyl sites for hydroxylation is 1. The number of nitrogens with one attached hydrogen (secondary N) is 2. The molecule has 1 rings (SSSR count). The third-order valence-electron chi connectivity index (χ3n) is 2.57. The maximum Gasteiger partial charge on any atom is 0.242 e. The van der Waals surface area contributed by atoms with Crippen LogP contribution in [-0.2, 0) is 4.79 Å². The minimum absolute atomic E-state index is 0.122. The molecule has 0 aliphatic carbocycles. The van der Waals surface area contributed by atoms with E-state index < -0.39 is 6.04 Å². The second kappa shape index (κ2) is 6.38. The molecule has 0 aliphatic rings. The number of benzene rings is 1. The summed E-state index contributed by atoms with van der Waals surface area (Å²) in [7, 11) is 0. The molecule has 1 atom stereocenters. The van der Waals surface area contributed by atoms with Crippen molar-refractivity contribution in [2.45, 2.75) is 33.7 Å². The first kappa shape index (κ1) is 14.5. The Morgan fingerprint density at radius 1 is 1.33 bits per heavy atom. The van der Waals surface area contributed by atoms with Gasteiger partial charge in [0.2, 0.25) is 5.91 Å². The summed E-state index contributed by atoms with van der Waals surface area (Å²) in [6, 6.07) is 4.45. The molecule has 100 valence electrons. The van der Waals surface area contributed by atoms with Crippen molar-refractivity contribution in [3.05, 3.63) is 29.6 Å². The van der Waals surface area contributed by atoms with E-state index in [4.69, 9.17) is 0 Å². The predicted octanol–water partition coefficient (Wildman–Crippen LogP) is 2.71. The Morgan fingerprint density at radius 2 is 2.00 bits per heavy atom. The topological polar surface area (TPSA) is 41.1 Å². The van der Waals surface area contributed by atoms with Crippen LogP contribution in [0.1, 0.15) is 26.3 Å². The average molecular weight is 252 g/mol. The van der Waals surface area contributed by atoms with Crippen LogP contribution < -0.4 is 10.6 Å². The quantitative estimate of drug-likeness (QED) is 0.846. The van der Waals surface area contributed by atoms with Crippen LogP contribution in [0.2, 0.25) is 0 Å². The summed E-state index contributed by atoms with van der Waals surface area (Å²) in [5.41, 5.74) is 1.21. The molecule has 0 saturated heterocycles. The molecule has 4 heteroatoms. The van der Waals surface area contributed by atoms with Crippen LogP contribution in [0.4, 0.5) is 10.1 Å². The number of amides is 1. The highest BCUT2D eigenvalue weighted by molar-refractivity contribution is 5.84. The number of anilines is 1. The fraction of sp³-hybridized carbons (Fsp3) is 0.500. The van der Waals surface area contributed by atoms with Crippen LogP contribution in [-0.4, -0.2) is 18.5 Å². The molecule has 0 bridgehead atoms. The van der Waals surface area contributed by atoms with Crippen LogP contribution in [0.15, 0.2) is 18.2 Å². The highest BCUT2D eigenvalue weighted by atomic mass is 19.1. The van der Waals surface area contributed by atoms with Crippen molar-refractivity contribution in [1.82, 2.24) is 5.32 Å². The van der Waals surface area contributed by atoms with Crippen LogP contribution >= 0.6 is 0 Å². The van der Waals surface area contributed by atoms with Crippen LogP contribution in [0.3, 0.4) is 0 Å². The van der Waals surface area contributed by atoms with Crippen molar-refractivity contribution in [2.24, 2.45) is 5.92 Å². The Kier molecular flexibility index (Phi) is 5.13. The van der Waals surface area contributed by atoms with Crippen molar-refractivity contribution in [2.75, 3.05) is 11.9 Å². The lowest BCUT2D eigenvalue weighted by atomic mass is 10.2. The van der Waals surface area contributed by atoms with Crippen molar-refractivity contribution >= 4 is 11.6 Å². The Hall–Kier alpha value is -1.58. The summed E-state index contributed by atoms with van der Waals surface area (Å²) in [6.45, 7) is 8.22. The number of rotatable bonds is 5. The monoisotopic (exact) mass is 252 g/mol. The molecule has 3 nitrogen and oxygen atoms in total. The second-order valence-electron chi connectivity index (χ2n) is 4.99. The largest absolute Gasteiger partial charge is 0.372 e. The van der Waals surface area contributed by atoms with E-state index in [-0.39, 0.29) is 11.7 Å². The third kappa shape index (κ3) is 4.35. The minimum Gasteiger partial charge on any atom is -0.372 e. The smallest absolute Gasteiger partial charge is 0.242 e. The summed E-state index contributed by atoms with van der Waals surface area (Å²) in [6.07, 6.45) is 0. The van der Waals surface area contributed by atoms with Crippen molar-refractivity contribution in [3.8, 4) is 0 Å². The van der Waals surface area contributed by atoms with Gasteiger partial charge in [0.25, 0.3) is 0 Å². The molecule has 0 radical (unpaired) electrons. The summed E-state index contributed by atoms with van der Waals surface area (Å²) >= 11 is 0. The Morgan fingerprint density at radius 3 is 2.56 bits per heavy atom. The van der Waals surface area contributed by atoms with E-state index in [1.165, 1.54) is 6.07 Å². The Balaban J connectivity index is 2.58. The summed E-state index contributed by atoms with van der Waals surface area (Å²) in [5.74, 6) is -0.0561. The molecule has 18 heavy (non-hydrogen) atoms. The number of hydrogen-bond donors (Lipinski definition) is 2. The molecule has 1 unspecified atom stereocenters. The molecule has 0 saturated carbocycles. The molecule has 1 amide bonds. The van der Waals surface area contributed by atoms with Gasteiger partial charge in [-0.3, -0.25) is 4.79 Å². The summed E-state index contributed by atoms with van der Waals surface area (Å²) < 4.78 is 13.6. The van der Waals surface area contributed by atoms with E-state index in [2.05, 4.69) is 10.6 Å². The summed E-state index contributed by atoms with van der Waals surface area (Å²) in [5, 5.41) is 5.68. The van der Waals surface area contributed by atoms with Gasteiger partial charge in [0.15, 0.2) is 0 Å². The fourth-order valence-corrected chi connectivity index (χ4v) is 1.49.